The molecule has 1 nitrogen and oxygen atoms in total. The second kappa shape index (κ2) is 4.73. The molecule has 0 spiro atoms. The Balaban J connectivity index is 1.96. The summed E-state index contributed by atoms with van der Waals surface area (Å²) in [6, 6.07) is 6.11. The van der Waals surface area contributed by atoms with E-state index in [-0.39, 0.29) is 5.78 Å². The van der Waals surface area contributed by atoms with Gasteiger partial charge >= 0.3 is 0 Å². The van der Waals surface area contributed by atoms with Crippen molar-refractivity contribution in [2.75, 3.05) is 0 Å². The molecule has 2 heterocycles. The van der Waals surface area contributed by atoms with Crippen LogP contribution in [0.1, 0.15) is 26.5 Å². The van der Waals surface area contributed by atoms with Gasteiger partial charge in [0.15, 0.2) is 5.78 Å². The highest BCUT2D eigenvalue weighted by Gasteiger charge is 2.10. The molecule has 0 aliphatic rings. The van der Waals surface area contributed by atoms with Crippen LogP contribution in [-0.4, -0.2) is 5.78 Å². The smallest absolute Gasteiger partial charge is 0.173 e. The van der Waals surface area contributed by atoms with Gasteiger partial charge in [0.25, 0.3) is 0 Å². The molecule has 3 heteroatoms. The maximum absolute atomic E-state index is 11.8. The summed E-state index contributed by atoms with van der Waals surface area (Å²) in [6.07, 6.45) is 1.50. The second-order valence-electron chi connectivity index (χ2n) is 3.44. The lowest BCUT2D eigenvalue weighted by molar-refractivity contribution is 0.0986. The molecule has 0 unspecified atom stereocenters. The fourth-order valence-electron chi connectivity index (χ4n) is 1.46. The highest BCUT2D eigenvalue weighted by Crippen LogP contribution is 2.19. The minimum Gasteiger partial charge on any atom is -0.293 e. The average Bonchev–Trinajstić information content (AvgIpc) is 2.84. The average molecular weight is 236 g/mol. The molecule has 0 amide bonds. The van der Waals surface area contributed by atoms with Crippen molar-refractivity contribution < 1.29 is 4.79 Å². The number of aryl methyl sites for hydroxylation is 2. The van der Waals surface area contributed by atoms with E-state index < -0.39 is 0 Å². The van der Waals surface area contributed by atoms with Crippen LogP contribution in [-0.2, 0) is 6.42 Å². The lowest BCUT2D eigenvalue weighted by atomic mass is 10.1. The zero-order valence-corrected chi connectivity index (χ0v) is 10.2. The summed E-state index contributed by atoms with van der Waals surface area (Å²) in [5.74, 6) is 0.274. The Morgan fingerprint density at radius 1 is 1.27 bits per heavy atom. The number of ketones is 1. The van der Waals surface area contributed by atoms with E-state index in [0.717, 1.165) is 16.9 Å². The molecule has 0 aliphatic carbocycles. The minimum atomic E-state index is 0.274. The fraction of sp³-hybridized carbons (Fsp3) is 0.250. The third-order valence-electron chi connectivity index (χ3n) is 2.29. The van der Waals surface area contributed by atoms with Crippen LogP contribution in [0, 0.1) is 6.92 Å². The van der Waals surface area contributed by atoms with Crippen molar-refractivity contribution in [3.63, 3.8) is 0 Å². The van der Waals surface area contributed by atoms with E-state index in [0.29, 0.717) is 6.42 Å². The molecule has 78 valence electrons. The van der Waals surface area contributed by atoms with Crippen molar-refractivity contribution in [2.45, 2.75) is 19.8 Å². The van der Waals surface area contributed by atoms with Crippen LogP contribution in [0.25, 0.3) is 0 Å². The summed E-state index contributed by atoms with van der Waals surface area (Å²) in [7, 11) is 0. The first kappa shape index (κ1) is 10.6. The molecule has 0 saturated carbocycles. The normalized spacial score (nSPS) is 10.5. The summed E-state index contributed by atoms with van der Waals surface area (Å²) >= 11 is 3.27. The molecular weight excluding hydrogens is 224 g/mol. The van der Waals surface area contributed by atoms with Crippen LogP contribution in [0.3, 0.4) is 0 Å². The number of hydrogen-bond acceptors (Lipinski definition) is 3. The molecule has 0 aliphatic heterocycles. The third kappa shape index (κ3) is 2.55. The largest absolute Gasteiger partial charge is 0.293 e. The van der Waals surface area contributed by atoms with Crippen molar-refractivity contribution in [1.29, 1.82) is 0 Å². The van der Waals surface area contributed by atoms with Crippen molar-refractivity contribution in [3.8, 4) is 0 Å². The Hall–Kier alpha value is -0.930. The standard InChI is InChI=1S/C12H12OS2/c1-9-6-8-15-12(9)11(13)5-4-10-3-2-7-14-10/h2-3,6-8H,4-5H2,1H3. The fourth-order valence-corrected chi connectivity index (χ4v) is 3.07. The van der Waals surface area contributed by atoms with Gasteiger partial charge in [-0.25, -0.2) is 0 Å². The van der Waals surface area contributed by atoms with Crippen LogP contribution < -0.4 is 0 Å². The zero-order chi connectivity index (χ0) is 10.7. The van der Waals surface area contributed by atoms with Crippen LogP contribution in [0.2, 0.25) is 0 Å². The van der Waals surface area contributed by atoms with Gasteiger partial charge in [-0.2, -0.15) is 0 Å². The molecule has 0 bridgehead atoms. The maximum atomic E-state index is 11.8. The van der Waals surface area contributed by atoms with E-state index in [9.17, 15) is 4.79 Å². The van der Waals surface area contributed by atoms with Crippen molar-refractivity contribution in [2.24, 2.45) is 0 Å². The van der Waals surface area contributed by atoms with Gasteiger partial charge in [0.2, 0.25) is 0 Å². The Kier molecular flexibility index (Phi) is 3.34. The Morgan fingerprint density at radius 3 is 2.73 bits per heavy atom. The molecule has 15 heavy (non-hydrogen) atoms. The van der Waals surface area contributed by atoms with Gasteiger partial charge in [-0.15, -0.1) is 22.7 Å². The topological polar surface area (TPSA) is 17.1 Å². The van der Waals surface area contributed by atoms with Gasteiger partial charge in [-0.1, -0.05) is 6.07 Å². The predicted molar refractivity (Wildman–Crippen MR) is 66.0 cm³/mol. The van der Waals surface area contributed by atoms with Gasteiger partial charge in [0.05, 0.1) is 4.88 Å². The number of carbonyl (C=O) groups is 1. The lowest BCUT2D eigenvalue weighted by Crippen LogP contribution is -1.99. The predicted octanol–water partition coefficient (Wildman–Crippen LogP) is 3.93. The van der Waals surface area contributed by atoms with Crippen LogP contribution in [0.15, 0.2) is 29.0 Å². The summed E-state index contributed by atoms with van der Waals surface area (Å²) in [5.41, 5.74) is 1.11. The minimum absolute atomic E-state index is 0.274. The maximum Gasteiger partial charge on any atom is 0.173 e. The molecular formula is C12H12OS2. The summed E-state index contributed by atoms with van der Waals surface area (Å²) < 4.78 is 0. The first-order valence-electron chi connectivity index (χ1n) is 4.87. The zero-order valence-electron chi connectivity index (χ0n) is 8.53. The van der Waals surface area contributed by atoms with Gasteiger partial charge < -0.3 is 0 Å². The molecule has 2 aromatic heterocycles. The first-order chi connectivity index (χ1) is 7.27. The summed E-state index contributed by atoms with van der Waals surface area (Å²) in [4.78, 5) is 14.0. The van der Waals surface area contributed by atoms with Gasteiger partial charge in [-0.3, -0.25) is 4.79 Å². The quantitative estimate of drug-likeness (QED) is 0.735. The van der Waals surface area contributed by atoms with Gasteiger partial charge in [0.1, 0.15) is 0 Å². The molecule has 0 fully saturated rings. The highest BCUT2D eigenvalue weighted by molar-refractivity contribution is 7.12. The molecule has 0 atom stereocenters. The molecule has 0 N–H and O–H groups in total. The van der Waals surface area contributed by atoms with Crippen molar-refractivity contribution in [3.05, 3.63) is 44.3 Å². The van der Waals surface area contributed by atoms with Crippen molar-refractivity contribution >= 4 is 28.5 Å². The number of carbonyl (C=O) groups excluding carboxylic acids is 1. The number of hydrogen-bond donors (Lipinski definition) is 0. The number of Topliss-reactive ketones (excluding diaryl/α,β-unsaturated/α-hetero) is 1. The first-order valence-corrected chi connectivity index (χ1v) is 6.63. The number of thiophene rings is 2. The summed E-state index contributed by atoms with van der Waals surface area (Å²) in [5, 5.41) is 4.03. The van der Waals surface area contributed by atoms with Crippen LogP contribution in [0.5, 0.6) is 0 Å². The van der Waals surface area contributed by atoms with E-state index in [4.69, 9.17) is 0 Å². The molecule has 2 aromatic rings. The third-order valence-corrected chi connectivity index (χ3v) is 4.29. The van der Waals surface area contributed by atoms with Crippen molar-refractivity contribution in [1.82, 2.24) is 0 Å². The second-order valence-corrected chi connectivity index (χ2v) is 5.38. The lowest BCUT2D eigenvalue weighted by Gasteiger charge is -1.98. The van der Waals surface area contributed by atoms with E-state index in [1.165, 1.54) is 4.88 Å². The van der Waals surface area contributed by atoms with E-state index in [1.54, 1.807) is 22.7 Å². The van der Waals surface area contributed by atoms with Gasteiger partial charge in [0, 0.05) is 11.3 Å². The van der Waals surface area contributed by atoms with E-state index >= 15 is 0 Å². The SMILES string of the molecule is Cc1ccsc1C(=O)CCc1cccs1. The Morgan fingerprint density at radius 2 is 2.13 bits per heavy atom. The molecule has 0 aromatic carbocycles. The molecule has 0 radical (unpaired) electrons. The molecule has 2 rings (SSSR count). The van der Waals surface area contributed by atoms with Gasteiger partial charge in [-0.05, 0) is 41.8 Å². The summed E-state index contributed by atoms with van der Waals surface area (Å²) in [6.45, 7) is 1.99. The van der Waals surface area contributed by atoms with E-state index in [2.05, 4.69) is 11.4 Å². The monoisotopic (exact) mass is 236 g/mol. The van der Waals surface area contributed by atoms with E-state index in [1.807, 2.05) is 24.4 Å². The Bertz CT molecular complexity index is 440. The Labute approximate surface area is 97.4 Å². The highest BCUT2D eigenvalue weighted by atomic mass is 32.1. The van der Waals surface area contributed by atoms with Crippen LogP contribution in [0.4, 0.5) is 0 Å². The van der Waals surface area contributed by atoms with Crippen LogP contribution >= 0.6 is 22.7 Å². The number of rotatable bonds is 4. The molecule has 0 saturated heterocycles.